The maximum absolute atomic E-state index is 4.37. The van der Waals surface area contributed by atoms with Crippen LogP contribution in [-0.2, 0) is 6.54 Å². The van der Waals surface area contributed by atoms with Gasteiger partial charge in [-0.15, -0.1) is 11.3 Å². The molecule has 0 unspecified atom stereocenters. The quantitative estimate of drug-likeness (QED) is 0.747. The van der Waals surface area contributed by atoms with E-state index >= 15 is 0 Å². The van der Waals surface area contributed by atoms with E-state index in [4.69, 9.17) is 0 Å². The fraction of sp³-hybridized carbons (Fsp3) is 0.385. The maximum atomic E-state index is 4.37. The van der Waals surface area contributed by atoms with Crippen molar-refractivity contribution in [3.63, 3.8) is 0 Å². The lowest BCUT2D eigenvalue weighted by Gasteiger charge is -2.20. The highest BCUT2D eigenvalue weighted by Crippen LogP contribution is 2.30. The highest BCUT2D eigenvalue weighted by Gasteiger charge is 2.13. The van der Waals surface area contributed by atoms with Gasteiger partial charge < -0.3 is 10.2 Å². The summed E-state index contributed by atoms with van der Waals surface area (Å²) in [7, 11) is 2.03. The fourth-order valence-electron chi connectivity index (χ4n) is 1.77. The van der Waals surface area contributed by atoms with E-state index < -0.39 is 0 Å². The Hall–Kier alpha value is -0.660. The molecule has 0 radical (unpaired) electrons. The minimum atomic E-state index is 0.810. The second-order valence-electron chi connectivity index (χ2n) is 4.40. The van der Waals surface area contributed by atoms with Crippen LogP contribution in [-0.4, -0.2) is 23.6 Å². The monoisotopic (exact) mass is 418 g/mol. The van der Waals surface area contributed by atoms with E-state index in [0.717, 1.165) is 39.4 Å². The molecular formula is C13H16Br2N4S. The molecule has 2 aromatic heterocycles. The predicted molar refractivity (Wildman–Crippen MR) is 92.6 cm³/mol. The number of anilines is 2. The van der Waals surface area contributed by atoms with Gasteiger partial charge in [-0.2, -0.15) is 0 Å². The Morgan fingerprint density at radius 3 is 2.80 bits per heavy atom. The van der Waals surface area contributed by atoms with Crippen molar-refractivity contribution in [2.75, 3.05) is 23.8 Å². The summed E-state index contributed by atoms with van der Waals surface area (Å²) in [5, 5.41) is 5.44. The van der Waals surface area contributed by atoms with Crippen molar-refractivity contribution < 1.29 is 0 Å². The van der Waals surface area contributed by atoms with Gasteiger partial charge in [0.15, 0.2) is 0 Å². The van der Waals surface area contributed by atoms with Gasteiger partial charge in [0.2, 0.25) is 0 Å². The zero-order valence-corrected chi connectivity index (χ0v) is 15.3. The highest BCUT2D eigenvalue weighted by molar-refractivity contribution is 9.11. The van der Waals surface area contributed by atoms with Gasteiger partial charge in [-0.3, -0.25) is 0 Å². The Balaban J connectivity index is 2.14. The van der Waals surface area contributed by atoms with Gasteiger partial charge in [0.25, 0.3) is 0 Å². The maximum Gasteiger partial charge on any atom is 0.148 e. The number of nitrogens with zero attached hydrogens (tertiary/aromatic N) is 3. The molecule has 2 aromatic rings. The van der Waals surface area contributed by atoms with Crippen LogP contribution in [0, 0.1) is 0 Å². The summed E-state index contributed by atoms with van der Waals surface area (Å²) in [6.07, 6.45) is 2.66. The van der Waals surface area contributed by atoms with E-state index in [-0.39, 0.29) is 0 Å². The number of rotatable bonds is 6. The van der Waals surface area contributed by atoms with Crippen LogP contribution in [0.2, 0.25) is 0 Å². The number of halogens is 2. The first-order valence-electron chi connectivity index (χ1n) is 6.30. The number of hydrogen-bond donors (Lipinski definition) is 1. The Labute approximate surface area is 139 Å². The molecule has 20 heavy (non-hydrogen) atoms. The molecule has 0 fully saturated rings. The third-order valence-corrected chi connectivity index (χ3v) is 5.00. The number of aromatic nitrogens is 2. The van der Waals surface area contributed by atoms with Crippen molar-refractivity contribution in [1.82, 2.24) is 9.97 Å². The molecule has 2 heterocycles. The molecule has 0 atom stereocenters. The number of nitrogens with one attached hydrogen (secondary N) is 1. The van der Waals surface area contributed by atoms with Crippen molar-refractivity contribution >= 4 is 54.8 Å². The van der Waals surface area contributed by atoms with E-state index in [9.17, 15) is 0 Å². The third kappa shape index (κ3) is 3.93. The highest BCUT2D eigenvalue weighted by atomic mass is 79.9. The van der Waals surface area contributed by atoms with Crippen LogP contribution in [0.3, 0.4) is 0 Å². The zero-order chi connectivity index (χ0) is 14.5. The van der Waals surface area contributed by atoms with Crippen molar-refractivity contribution in [3.8, 4) is 0 Å². The van der Waals surface area contributed by atoms with E-state index in [1.165, 1.54) is 5.56 Å². The molecule has 2 rings (SSSR count). The van der Waals surface area contributed by atoms with Crippen molar-refractivity contribution in [3.05, 3.63) is 31.6 Å². The molecule has 0 saturated carbocycles. The van der Waals surface area contributed by atoms with Gasteiger partial charge in [0.05, 0.1) is 3.79 Å². The summed E-state index contributed by atoms with van der Waals surface area (Å²) in [6.45, 7) is 3.84. The Kier molecular flexibility index (Phi) is 5.80. The van der Waals surface area contributed by atoms with Crippen LogP contribution in [0.4, 0.5) is 11.6 Å². The van der Waals surface area contributed by atoms with Crippen LogP contribution in [0.15, 0.2) is 26.0 Å². The molecule has 0 amide bonds. The third-order valence-electron chi connectivity index (χ3n) is 2.72. The van der Waals surface area contributed by atoms with Gasteiger partial charge in [0, 0.05) is 20.1 Å². The molecule has 0 aliphatic heterocycles. The average Bonchev–Trinajstić information content (AvgIpc) is 2.83. The molecule has 4 nitrogen and oxygen atoms in total. The molecule has 0 aliphatic rings. The van der Waals surface area contributed by atoms with Crippen molar-refractivity contribution in [2.45, 2.75) is 19.9 Å². The zero-order valence-electron chi connectivity index (χ0n) is 11.4. The Bertz CT molecular complexity index is 573. The van der Waals surface area contributed by atoms with Crippen LogP contribution in [0.1, 0.15) is 18.9 Å². The first-order chi connectivity index (χ1) is 9.61. The summed E-state index contributed by atoms with van der Waals surface area (Å²) in [4.78, 5) is 10.7. The largest absolute Gasteiger partial charge is 0.369 e. The summed E-state index contributed by atoms with van der Waals surface area (Å²) < 4.78 is 2.05. The lowest BCUT2D eigenvalue weighted by molar-refractivity contribution is 0.885. The predicted octanol–water partition coefficient (Wildman–Crippen LogP) is 4.52. The smallest absolute Gasteiger partial charge is 0.148 e. The first-order valence-corrected chi connectivity index (χ1v) is 8.76. The van der Waals surface area contributed by atoms with Crippen LogP contribution < -0.4 is 10.2 Å². The molecule has 7 heteroatoms. The molecule has 0 bridgehead atoms. The molecule has 0 spiro atoms. The van der Waals surface area contributed by atoms with Gasteiger partial charge in [-0.25, -0.2) is 9.97 Å². The van der Waals surface area contributed by atoms with E-state index in [1.807, 2.05) is 7.05 Å². The summed E-state index contributed by atoms with van der Waals surface area (Å²) in [5.41, 5.74) is 1.26. The minimum absolute atomic E-state index is 0.810. The topological polar surface area (TPSA) is 41.1 Å². The van der Waals surface area contributed by atoms with Crippen LogP contribution in [0.5, 0.6) is 0 Å². The molecular weight excluding hydrogens is 404 g/mol. The summed E-state index contributed by atoms with van der Waals surface area (Å²) in [6, 6.07) is 2.13. The average molecular weight is 420 g/mol. The number of thiophene rings is 1. The minimum Gasteiger partial charge on any atom is -0.369 e. The van der Waals surface area contributed by atoms with Gasteiger partial charge in [0.1, 0.15) is 22.4 Å². The van der Waals surface area contributed by atoms with Crippen LogP contribution in [0.25, 0.3) is 0 Å². The molecule has 1 N–H and O–H groups in total. The molecule has 0 saturated heterocycles. The Morgan fingerprint density at radius 2 is 2.15 bits per heavy atom. The lowest BCUT2D eigenvalue weighted by Crippen LogP contribution is -2.18. The second kappa shape index (κ2) is 7.38. The van der Waals surface area contributed by atoms with Crippen molar-refractivity contribution in [1.29, 1.82) is 0 Å². The van der Waals surface area contributed by atoms with Gasteiger partial charge in [-0.05, 0) is 55.3 Å². The normalized spacial score (nSPS) is 10.6. The molecule has 0 aliphatic carbocycles. The standard InChI is InChI=1S/C13H16Br2N4S/c1-3-4-16-12-11(15)13(18-8-17-12)19(2)6-9-5-10(14)20-7-9/h5,7-8H,3-4,6H2,1-2H3,(H,16,17,18). The SMILES string of the molecule is CCCNc1ncnc(N(C)Cc2csc(Br)c2)c1Br. The van der Waals surface area contributed by atoms with E-state index in [0.29, 0.717) is 0 Å². The molecule has 0 aromatic carbocycles. The second-order valence-corrected chi connectivity index (χ2v) is 7.49. The van der Waals surface area contributed by atoms with Gasteiger partial charge >= 0.3 is 0 Å². The fourth-order valence-corrected chi connectivity index (χ4v) is 3.62. The number of hydrogen-bond acceptors (Lipinski definition) is 5. The lowest BCUT2D eigenvalue weighted by atomic mass is 10.3. The van der Waals surface area contributed by atoms with E-state index in [2.05, 4.69) is 70.4 Å². The Morgan fingerprint density at radius 1 is 1.35 bits per heavy atom. The summed E-state index contributed by atoms with van der Waals surface area (Å²) in [5.74, 6) is 1.73. The van der Waals surface area contributed by atoms with Gasteiger partial charge in [-0.1, -0.05) is 6.92 Å². The van der Waals surface area contributed by atoms with E-state index in [1.54, 1.807) is 17.7 Å². The van der Waals surface area contributed by atoms with Crippen LogP contribution >= 0.6 is 43.2 Å². The molecule has 108 valence electrons. The van der Waals surface area contributed by atoms with Crippen molar-refractivity contribution in [2.24, 2.45) is 0 Å². The summed E-state index contributed by atoms with van der Waals surface area (Å²) >= 11 is 8.78. The first kappa shape index (κ1) is 15.7.